The van der Waals surface area contributed by atoms with Gasteiger partial charge in [0, 0.05) is 18.9 Å². The lowest BCUT2D eigenvalue weighted by Gasteiger charge is -2.17. The topological polar surface area (TPSA) is 80.2 Å². The molecule has 0 spiro atoms. The Morgan fingerprint density at radius 1 is 1.37 bits per heavy atom. The van der Waals surface area contributed by atoms with Crippen molar-refractivity contribution < 1.29 is 17.1 Å². The van der Waals surface area contributed by atoms with Crippen LogP contribution in [0, 0.1) is 5.92 Å². The third kappa shape index (κ3) is 3.31. The molecule has 104 valence electrons. The Morgan fingerprint density at radius 2 is 1.95 bits per heavy atom. The Balaban J connectivity index is 2.26. The molecule has 10 heteroatoms. The second-order valence-electron chi connectivity index (χ2n) is 4.08. The molecule has 1 aliphatic rings. The molecule has 0 saturated carbocycles. The standard InChI is InChI=1S/C9H8Cl2FN3O3S/c10-8-7(9(11)14-4-13-8)15-2-5(1-6(15)16)3-19(12,17)18/h4-5H,1-3H2. The summed E-state index contributed by atoms with van der Waals surface area (Å²) in [6.45, 7) is 0.00873. The van der Waals surface area contributed by atoms with Gasteiger partial charge in [-0.15, -0.1) is 3.89 Å². The van der Waals surface area contributed by atoms with Gasteiger partial charge < -0.3 is 4.90 Å². The van der Waals surface area contributed by atoms with Gasteiger partial charge in [0.1, 0.15) is 12.0 Å². The first kappa shape index (κ1) is 14.4. The predicted molar refractivity (Wildman–Crippen MR) is 67.4 cm³/mol. The molecule has 1 saturated heterocycles. The monoisotopic (exact) mass is 327 g/mol. The molecule has 0 N–H and O–H groups in total. The average Bonchev–Trinajstić information content (AvgIpc) is 2.56. The molecule has 1 aromatic rings. The van der Waals surface area contributed by atoms with Gasteiger partial charge in [0.2, 0.25) is 5.91 Å². The third-order valence-electron chi connectivity index (χ3n) is 2.64. The van der Waals surface area contributed by atoms with Crippen LogP contribution in [-0.2, 0) is 15.0 Å². The van der Waals surface area contributed by atoms with E-state index in [0.29, 0.717) is 0 Å². The minimum atomic E-state index is -4.63. The van der Waals surface area contributed by atoms with Crippen molar-refractivity contribution in [1.29, 1.82) is 0 Å². The molecule has 6 nitrogen and oxygen atoms in total. The summed E-state index contributed by atoms with van der Waals surface area (Å²) in [5, 5.41) is -0.0331. The minimum Gasteiger partial charge on any atom is -0.307 e. The lowest BCUT2D eigenvalue weighted by molar-refractivity contribution is -0.117. The van der Waals surface area contributed by atoms with E-state index < -0.39 is 27.8 Å². The van der Waals surface area contributed by atoms with E-state index in [-0.39, 0.29) is 29.0 Å². The number of rotatable bonds is 3. The highest BCUT2D eigenvalue weighted by Crippen LogP contribution is 2.34. The van der Waals surface area contributed by atoms with Crippen LogP contribution in [0.15, 0.2) is 6.33 Å². The second-order valence-corrected chi connectivity index (χ2v) is 6.21. The second kappa shape index (κ2) is 5.18. The summed E-state index contributed by atoms with van der Waals surface area (Å²) in [5.41, 5.74) is 0.120. The van der Waals surface area contributed by atoms with E-state index >= 15 is 0 Å². The number of hydrogen-bond donors (Lipinski definition) is 0. The molecule has 1 atom stereocenters. The number of hydrogen-bond acceptors (Lipinski definition) is 5. The van der Waals surface area contributed by atoms with Crippen LogP contribution >= 0.6 is 23.2 Å². The number of carbonyl (C=O) groups excluding carboxylic acids is 1. The van der Waals surface area contributed by atoms with Crippen LogP contribution in [-0.4, -0.2) is 36.6 Å². The molecule has 0 radical (unpaired) electrons. The smallest absolute Gasteiger partial charge is 0.302 e. The van der Waals surface area contributed by atoms with Gasteiger partial charge in [-0.05, 0) is 0 Å². The molecule has 1 aromatic heterocycles. The van der Waals surface area contributed by atoms with Gasteiger partial charge in [0.05, 0.1) is 5.75 Å². The Labute approximate surface area is 118 Å². The summed E-state index contributed by atoms with van der Waals surface area (Å²) in [6, 6.07) is 0. The quantitative estimate of drug-likeness (QED) is 0.619. The van der Waals surface area contributed by atoms with Crippen molar-refractivity contribution in [2.24, 2.45) is 5.92 Å². The van der Waals surface area contributed by atoms with E-state index in [4.69, 9.17) is 23.2 Å². The number of aromatic nitrogens is 2. The van der Waals surface area contributed by atoms with E-state index in [1.165, 1.54) is 4.90 Å². The Morgan fingerprint density at radius 3 is 2.47 bits per heavy atom. The first-order chi connectivity index (χ1) is 8.78. The highest BCUT2D eigenvalue weighted by molar-refractivity contribution is 7.86. The molecule has 1 amide bonds. The Kier molecular flexibility index (Phi) is 3.93. The molecule has 1 fully saturated rings. The van der Waals surface area contributed by atoms with E-state index in [9.17, 15) is 17.1 Å². The van der Waals surface area contributed by atoms with E-state index in [1.54, 1.807) is 0 Å². The van der Waals surface area contributed by atoms with Gasteiger partial charge in [0.25, 0.3) is 0 Å². The van der Waals surface area contributed by atoms with Crippen LogP contribution in [0.3, 0.4) is 0 Å². The zero-order chi connectivity index (χ0) is 14.2. The maximum atomic E-state index is 12.6. The molecule has 2 rings (SSSR count). The lowest BCUT2D eigenvalue weighted by Crippen LogP contribution is -2.26. The predicted octanol–water partition coefficient (Wildman–Crippen LogP) is 1.44. The van der Waals surface area contributed by atoms with Crippen molar-refractivity contribution in [1.82, 2.24) is 9.97 Å². The first-order valence-corrected chi connectivity index (χ1v) is 7.47. The number of anilines is 1. The van der Waals surface area contributed by atoms with Crippen LogP contribution in [0.5, 0.6) is 0 Å². The van der Waals surface area contributed by atoms with E-state index in [1.807, 2.05) is 0 Å². The highest BCUT2D eigenvalue weighted by Gasteiger charge is 2.36. The van der Waals surface area contributed by atoms with Crippen molar-refractivity contribution in [2.45, 2.75) is 6.42 Å². The van der Waals surface area contributed by atoms with Gasteiger partial charge in [0.15, 0.2) is 10.3 Å². The van der Waals surface area contributed by atoms with Crippen LogP contribution in [0.1, 0.15) is 6.42 Å². The fourth-order valence-electron chi connectivity index (χ4n) is 1.95. The summed E-state index contributed by atoms with van der Waals surface area (Å²) < 4.78 is 33.8. The van der Waals surface area contributed by atoms with E-state index in [0.717, 1.165) is 6.33 Å². The maximum absolute atomic E-state index is 12.6. The molecular weight excluding hydrogens is 320 g/mol. The molecular formula is C9H8Cl2FN3O3S. The Hall–Kier alpha value is -0.990. The van der Waals surface area contributed by atoms with Crippen molar-refractivity contribution in [3.63, 3.8) is 0 Å². The first-order valence-electron chi connectivity index (χ1n) is 5.16. The Bertz CT molecular complexity index is 605. The van der Waals surface area contributed by atoms with Crippen LogP contribution in [0.25, 0.3) is 0 Å². The summed E-state index contributed by atoms with van der Waals surface area (Å²) in [7, 11) is -4.63. The lowest BCUT2D eigenvalue weighted by atomic mass is 10.1. The molecule has 2 heterocycles. The van der Waals surface area contributed by atoms with Gasteiger partial charge in [-0.3, -0.25) is 4.79 Å². The average molecular weight is 328 g/mol. The van der Waals surface area contributed by atoms with Crippen molar-refractivity contribution in [2.75, 3.05) is 17.2 Å². The summed E-state index contributed by atoms with van der Waals surface area (Å²) in [5.74, 6) is -1.75. The van der Waals surface area contributed by atoms with Gasteiger partial charge >= 0.3 is 10.2 Å². The molecule has 1 unspecified atom stereocenters. The number of nitrogens with zero attached hydrogens (tertiary/aromatic N) is 3. The van der Waals surface area contributed by atoms with Crippen molar-refractivity contribution in [3.05, 3.63) is 16.6 Å². The number of halogens is 3. The van der Waals surface area contributed by atoms with Crippen LogP contribution in [0.2, 0.25) is 10.3 Å². The van der Waals surface area contributed by atoms with Crippen molar-refractivity contribution in [3.8, 4) is 0 Å². The molecule has 0 bridgehead atoms. The number of carbonyl (C=O) groups is 1. The normalized spacial score (nSPS) is 20.1. The number of amides is 1. The van der Waals surface area contributed by atoms with Gasteiger partial charge in [-0.2, -0.15) is 8.42 Å². The van der Waals surface area contributed by atoms with Crippen LogP contribution < -0.4 is 4.90 Å². The molecule has 0 aromatic carbocycles. The summed E-state index contributed by atoms with van der Waals surface area (Å²) in [4.78, 5) is 20.4. The van der Waals surface area contributed by atoms with Crippen LogP contribution in [0.4, 0.5) is 9.57 Å². The fourth-order valence-corrected chi connectivity index (χ4v) is 3.26. The SMILES string of the molecule is O=C1CC(CS(=O)(=O)F)CN1c1c(Cl)ncnc1Cl. The molecule has 1 aliphatic heterocycles. The summed E-state index contributed by atoms with van der Waals surface area (Å²) >= 11 is 11.7. The van der Waals surface area contributed by atoms with Crippen molar-refractivity contribution >= 4 is 45.0 Å². The third-order valence-corrected chi connectivity index (χ3v) is 4.07. The summed E-state index contributed by atoms with van der Waals surface area (Å²) in [6.07, 6.45) is 1.04. The minimum absolute atomic E-state index is 0.00873. The molecule has 0 aliphatic carbocycles. The maximum Gasteiger partial charge on any atom is 0.302 e. The fraction of sp³-hybridized carbons (Fsp3) is 0.444. The zero-order valence-electron chi connectivity index (χ0n) is 9.38. The van der Waals surface area contributed by atoms with Gasteiger partial charge in [-0.25, -0.2) is 9.97 Å². The molecule has 19 heavy (non-hydrogen) atoms. The zero-order valence-corrected chi connectivity index (χ0v) is 11.7. The largest absolute Gasteiger partial charge is 0.307 e. The highest BCUT2D eigenvalue weighted by atomic mass is 35.5. The van der Waals surface area contributed by atoms with E-state index in [2.05, 4.69) is 9.97 Å². The van der Waals surface area contributed by atoms with Gasteiger partial charge in [-0.1, -0.05) is 23.2 Å².